The number of aromatic nitrogens is 1. The number of hydrogen-bond donors (Lipinski definition) is 0. The van der Waals surface area contributed by atoms with Crippen LogP contribution in [-0.4, -0.2) is 63.7 Å². The second-order valence-corrected chi connectivity index (χ2v) is 8.19. The summed E-state index contributed by atoms with van der Waals surface area (Å²) in [6.45, 7) is 8.90. The maximum atomic E-state index is 13.5. The Morgan fingerprint density at radius 1 is 1.27 bits per heavy atom. The van der Waals surface area contributed by atoms with E-state index in [1.807, 2.05) is 32.2 Å². The molecule has 160 valence electrons. The van der Waals surface area contributed by atoms with E-state index in [0.29, 0.717) is 5.69 Å². The van der Waals surface area contributed by atoms with Crippen LogP contribution in [0.15, 0.2) is 42.8 Å². The molecule has 0 N–H and O–H groups in total. The Hall–Kier alpha value is -2.67. The lowest BCUT2D eigenvalue weighted by Gasteiger charge is -2.45. The third-order valence-electron chi connectivity index (χ3n) is 5.67. The van der Waals surface area contributed by atoms with Crippen molar-refractivity contribution in [3.05, 3.63) is 59.2 Å². The van der Waals surface area contributed by atoms with Gasteiger partial charge in [0.1, 0.15) is 5.15 Å². The summed E-state index contributed by atoms with van der Waals surface area (Å²) in [6, 6.07) is 3.00. The monoisotopic (exact) mass is 432 g/mol. The van der Waals surface area contributed by atoms with Gasteiger partial charge in [-0.15, -0.1) is 0 Å². The number of pyridine rings is 1. The minimum Gasteiger partial charge on any atom is -0.367 e. The molecule has 0 aliphatic carbocycles. The second-order valence-electron chi connectivity index (χ2n) is 7.80. The maximum Gasteiger partial charge on any atom is 0.282 e. The number of likely N-dealkylation sites (N-methyl/N-ethyl adjacent to an activating group) is 1. The van der Waals surface area contributed by atoms with Crippen LogP contribution < -0.4 is 0 Å². The Morgan fingerprint density at radius 2 is 1.97 bits per heavy atom. The summed E-state index contributed by atoms with van der Waals surface area (Å²) in [5.74, 6) is -1.90. The van der Waals surface area contributed by atoms with Crippen molar-refractivity contribution in [2.45, 2.75) is 38.9 Å². The molecule has 0 aromatic carbocycles. The molecule has 3 atom stereocenters. The first kappa shape index (κ1) is 22.0. The Balaban J connectivity index is 2.04. The van der Waals surface area contributed by atoms with Crippen molar-refractivity contribution in [3.63, 3.8) is 0 Å². The van der Waals surface area contributed by atoms with E-state index in [0.717, 1.165) is 11.3 Å². The largest absolute Gasteiger partial charge is 0.367 e. The molecule has 1 aromatic heterocycles. The third kappa shape index (κ3) is 4.26. The van der Waals surface area contributed by atoms with Crippen molar-refractivity contribution in [2.75, 3.05) is 20.1 Å². The second kappa shape index (κ2) is 8.60. The summed E-state index contributed by atoms with van der Waals surface area (Å²) >= 11 is 6.35. The molecule has 6 nitrogen and oxygen atoms in total. The van der Waals surface area contributed by atoms with Crippen LogP contribution in [0.5, 0.6) is 0 Å². The first-order valence-corrected chi connectivity index (χ1v) is 10.2. The van der Waals surface area contributed by atoms with Gasteiger partial charge in [-0.25, -0.2) is 9.37 Å². The molecule has 3 heterocycles. The number of piperazine rings is 1. The molecule has 8 heteroatoms. The van der Waals surface area contributed by atoms with Crippen LogP contribution in [0, 0.1) is 0 Å². The molecule has 3 rings (SSSR count). The van der Waals surface area contributed by atoms with Crippen LogP contribution >= 0.6 is 11.6 Å². The molecule has 1 unspecified atom stereocenters. The number of amides is 2. The number of hydrogen-bond acceptors (Lipinski definition) is 4. The van der Waals surface area contributed by atoms with E-state index in [9.17, 15) is 14.0 Å². The Kier molecular flexibility index (Phi) is 6.31. The fraction of sp³-hybridized carbons (Fsp3) is 0.409. The highest BCUT2D eigenvalue weighted by Gasteiger charge is 2.37. The quantitative estimate of drug-likeness (QED) is 0.541. The van der Waals surface area contributed by atoms with Gasteiger partial charge >= 0.3 is 0 Å². The van der Waals surface area contributed by atoms with E-state index in [2.05, 4.69) is 29.5 Å². The number of nitrogens with zero attached hydrogens (tertiary/aromatic N) is 4. The smallest absolute Gasteiger partial charge is 0.282 e. The number of rotatable bonds is 3. The summed E-state index contributed by atoms with van der Waals surface area (Å²) in [6.07, 6.45) is 6.00. The fourth-order valence-corrected chi connectivity index (χ4v) is 4.32. The summed E-state index contributed by atoms with van der Waals surface area (Å²) in [5.41, 5.74) is 2.31. The molecule has 2 aliphatic rings. The first-order chi connectivity index (χ1) is 14.1. The topological polar surface area (TPSA) is 56.8 Å². The van der Waals surface area contributed by atoms with Crippen LogP contribution in [0.2, 0.25) is 5.15 Å². The van der Waals surface area contributed by atoms with E-state index in [1.165, 1.54) is 11.8 Å². The predicted molar refractivity (Wildman–Crippen MR) is 115 cm³/mol. The van der Waals surface area contributed by atoms with Gasteiger partial charge in [0.05, 0.1) is 17.4 Å². The Labute approximate surface area is 181 Å². The zero-order valence-corrected chi connectivity index (χ0v) is 18.4. The van der Waals surface area contributed by atoms with Crippen molar-refractivity contribution in [1.82, 2.24) is 19.7 Å². The lowest BCUT2D eigenvalue weighted by atomic mass is 9.98. The van der Waals surface area contributed by atoms with Gasteiger partial charge in [0.25, 0.3) is 5.91 Å². The summed E-state index contributed by atoms with van der Waals surface area (Å²) in [7, 11) is 1.97. The number of halogens is 2. The highest BCUT2D eigenvalue weighted by Crippen LogP contribution is 2.33. The average molecular weight is 433 g/mol. The van der Waals surface area contributed by atoms with Crippen LogP contribution in [0.4, 0.5) is 4.39 Å². The molecular formula is C22H26ClFN4O2. The van der Waals surface area contributed by atoms with E-state index < -0.39 is 17.8 Å². The van der Waals surface area contributed by atoms with E-state index in [1.54, 1.807) is 11.0 Å². The maximum absolute atomic E-state index is 13.5. The van der Waals surface area contributed by atoms with Crippen LogP contribution in [-0.2, 0) is 9.59 Å². The molecule has 30 heavy (non-hydrogen) atoms. The van der Waals surface area contributed by atoms with Crippen molar-refractivity contribution < 1.29 is 14.0 Å². The van der Waals surface area contributed by atoms with Gasteiger partial charge in [-0.1, -0.05) is 30.3 Å². The normalized spacial score (nSPS) is 24.0. The van der Waals surface area contributed by atoms with E-state index in [-0.39, 0.29) is 36.2 Å². The number of carbonyl (C=O) groups excluding carboxylic acids is 2. The van der Waals surface area contributed by atoms with Crippen molar-refractivity contribution >= 4 is 29.1 Å². The minimum atomic E-state index is -1.01. The number of allylic oxidation sites excluding steroid dienone is 2. The molecule has 1 saturated heterocycles. The minimum absolute atomic E-state index is 0.126. The van der Waals surface area contributed by atoms with Gasteiger partial charge < -0.3 is 14.7 Å². The molecule has 2 amide bonds. The van der Waals surface area contributed by atoms with Gasteiger partial charge in [0.15, 0.2) is 5.83 Å². The Morgan fingerprint density at radius 3 is 2.60 bits per heavy atom. The van der Waals surface area contributed by atoms with E-state index in [4.69, 9.17) is 11.6 Å². The lowest BCUT2D eigenvalue weighted by molar-refractivity contribution is -0.144. The summed E-state index contributed by atoms with van der Waals surface area (Å²) in [4.78, 5) is 34.3. The number of carbonyl (C=O) groups is 2. The van der Waals surface area contributed by atoms with Crippen molar-refractivity contribution in [1.29, 1.82) is 0 Å². The molecule has 1 aromatic rings. The standard InChI is InChI=1S/C22H26ClFN4O2/c1-13-7-6-8-19(26(13)5)18-9-17(10-21(23)25-18)20-12-27(22(30)15(3)24)11-14(2)28(20)16(4)29/h6-10,13-14,20H,3,11-12H2,1-2,4-5H3/t13?,14-,20-/m0/s1. The van der Waals surface area contributed by atoms with Crippen molar-refractivity contribution in [2.24, 2.45) is 0 Å². The van der Waals surface area contributed by atoms with Gasteiger partial charge in [0.2, 0.25) is 5.91 Å². The SMILES string of the molecule is C=C(F)C(=O)N1C[C@H](C)N(C(C)=O)[C@H](c2cc(Cl)nc(C3=CC=CC(C)N3C)c2)C1. The highest BCUT2D eigenvalue weighted by atomic mass is 35.5. The molecule has 0 saturated carbocycles. The zero-order chi connectivity index (χ0) is 22.2. The fourth-order valence-electron chi connectivity index (χ4n) is 4.10. The Bertz CT molecular complexity index is 945. The highest BCUT2D eigenvalue weighted by molar-refractivity contribution is 6.29. The molecule has 0 radical (unpaired) electrons. The molecule has 0 spiro atoms. The zero-order valence-electron chi connectivity index (χ0n) is 17.6. The van der Waals surface area contributed by atoms with Gasteiger partial charge in [0, 0.05) is 39.1 Å². The van der Waals surface area contributed by atoms with Gasteiger partial charge in [-0.2, -0.15) is 0 Å². The molecule has 2 aliphatic heterocycles. The van der Waals surface area contributed by atoms with Gasteiger partial charge in [-0.3, -0.25) is 9.59 Å². The molecular weight excluding hydrogens is 407 g/mol. The molecule has 1 fully saturated rings. The molecule has 0 bridgehead atoms. The van der Waals surface area contributed by atoms with Crippen LogP contribution in [0.1, 0.15) is 38.1 Å². The van der Waals surface area contributed by atoms with E-state index >= 15 is 0 Å². The third-order valence-corrected chi connectivity index (χ3v) is 5.86. The summed E-state index contributed by atoms with van der Waals surface area (Å²) in [5, 5.41) is 0.286. The first-order valence-electron chi connectivity index (χ1n) is 9.82. The average Bonchev–Trinajstić information content (AvgIpc) is 2.67. The van der Waals surface area contributed by atoms with Gasteiger partial charge in [-0.05, 0) is 37.6 Å². The lowest BCUT2D eigenvalue weighted by Crippen LogP contribution is -2.56. The van der Waals surface area contributed by atoms with Crippen LogP contribution in [0.3, 0.4) is 0 Å². The predicted octanol–water partition coefficient (Wildman–Crippen LogP) is 3.57. The van der Waals surface area contributed by atoms with Crippen molar-refractivity contribution in [3.8, 4) is 0 Å². The summed E-state index contributed by atoms with van der Waals surface area (Å²) < 4.78 is 13.5. The van der Waals surface area contributed by atoms with Crippen LogP contribution in [0.25, 0.3) is 5.70 Å².